The molecule has 0 amide bonds. The number of thioether (sulfide) groups is 1. The van der Waals surface area contributed by atoms with E-state index in [1.54, 1.807) is 12.1 Å². The molecule has 1 aromatic carbocycles. The maximum atomic E-state index is 12.5. The fourth-order valence-corrected chi connectivity index (χ4v) is 4.98. The van der Waals surface area contributed by atoms with Crippen LogP contribution in [-0.2, 0) is 23.0 Å². The van der Waals surface area contributed by atoms with Gasteiger partial charge in [0.2, 0.25) is 10.0 Å². The SMILES string of the molecule is CCc1ccc(S(=O)(=O)NC2CCC(SC)C2)cc1CN. The zero-order chi connectivity index (χ0) is 15.5. The molecule has 1 saturated carbocycles. The van der Waals surface area contributed by atoms with Crippen LogP contribution in [-0.4, -0.2) is 26.0 Å². The van der Waals surface area contributed by atoms with Gasteiger partial charge in [0.1, 0.15) is 0 Å². The number of benzene rings is 1. The van der Waals surface area contributed by atoms with Gasteiger partial charge in [0.05, 0.1) is 4.90 Å². The summed E-state index contributed by atoms with van der Waals surface area (Å²) in [4.78, 5) is 0.327. The highest BCUT2D eigenvalue weighted by molar-refractivity contribution is 7.99. The van der Waals surface area contributed by atoms with Crippen molar-refractivity contribution in [2.24, 2.45) is 5.73 Å². The van der Waals surface area contributed by atoms with Gasteiger partial charge in [-0.3, -0.25) is 0 Å². The van der Waals surface area contributed by atoms with Crippen molar-refractivity contribution in [2.75, 3.05) is 6.26 Å². The summed E-state index contributed by atoms with van der Waals surface area (Å²) in [6.07, 6.45) is 5.85. The molecule has 0 aliphatic heterocycles. The number of nitrogens with one attached hydrogen (secondary N) is 1. The first kappa shape index (κ1) is 16.8. The molecule has 0 heterocycles. The molecule has 4 nitrogen and oxygen atoms in total. The van der Waals surface area contributed by atoms with Gasteiger partial charge in [0, 0.05) is 17.8 Å². The molecule has 0 radical (unpaired) electrons. The Morgan fingerprint density at radius 2 is 2.10 bits per heavy atom. The third-order valence-corrected chi connectivity index (χ3v) is 6.74. The van der Waals surface area contributed by atoms with Crippen molar-refractivity contribution < 1.29 is 8.42 Å². The van der Waals surface area contributed by atoms with E-state index in [2.05, 4.69) is 11.0 Å². The van der Waals surface area contributed by atoms with Crippen LogP contribution in [0.5, 0.6) is 0 Å². The Morgan fingerprint density at radius 3 is 2.67 bits per heavy atom. The Hall–Kier alpha value is -0.560. The van der Waals surface area contributed by atoms with Crippen molar-refractivity contribution in [3.8, 4) is 0 Å². The number of nitrogens with two attached hydrogens (primary N) is 1. The fourth-order valence-electron chi connectivity index (χ4n) is 2.85. The Balaban J connectivity index is 2.16. The van der Waals surface area contributed by atoms with Crippen molar-refractivity contribution >= 4 is 21.8 Å². The van der Waals surface area contributed by atoms with E-state index >= 15 is 0 Å². The summed E-state index contributed by atoms with van der Waals surface area (Å²) in [7, 11) is -3.45. The van der Waals surface area contributed by atoms with Gasteiger partial charge < -0.3 is 5.73 Å². The van der Waals surface area contributed by atoms with Gasteiger partial charge >= 0.3 is 0 Å². The zero-order valence-electron chi connectivity index (χ0n) is 12.6. The van der Waals surface area contributed by atoms with Crippen molar-refractivity contribution in [1.82, 2.24) is 4.72 Å². The summed E-state index contributed by atoms with van der Waals surface area (Å²) < 4.78 is 27.8. The van der Waals surface area contributed by atoms with Gasteiger partial charge in [-0.1, -0.05) is 13.0 Å². The average Bonchev–Trinajstić information content (AvgIpc) is 2.93. The molecule has 0 bridgehead atoms. The molecule has 2 rings (SSSR count). The molecule has 3 N–H and O–H groups in total. The highest BCUT2D eigenvalue weighted by Crippen LogP contribution is 2.29. The van der Waals surface area contributed by atoms with Gasteiger partial charge in [-0.25, -0.2) is 13.1 Å². The summed E-state index contributed by atoms with van der Waals surface area (Å²) in [5.41, 5.74) is 7.74. The van der Waals surface area contributed by atoms with Gasteiger partial charge in [-0.05, 0) is 55.2 Å². The second-order valence-electron chi connectivity index (χ2n) is 5.48. The summed E-state index contributed by atoms with van der Waals surface area (Å²) in [5.74, 6) is 0. The van der Waals surface area contributed by atoms with E-state index in [9.17, 15) is 8.42 Å². The lowest BCUT2D eigenvalue weighted by molar-refractivity contribution is 0.552. The maximum absolute atomic E-state index is 12.5. The molecule has 2 unspecified atom stereocenters. The van der Waals surface area contributed by atoms with E-state index in [-0.39, 0.29) is 6.04 Å². The lowest BCUT2D eigenvalue weighted by Crippen LogP contribution is -2.33. The first-order valence-corrected chi connectivity index (χ1v) is 10.1. The van der Waals surface area contributed by atoms with Crippen LogP contribution in [0.1, 0.15) is 37.3 Å². The van der Waals surface area contributed by atoms with Gasteiger partial charge in [-0.15, -0.1) is 0 Å². The summed E-state index contributed by atoms with van der Waals surface area (Å²) >= 11 is 1.82. The van der Waals surface area contributed by atoms with E-state index in [0.717, 1.165) is 36.8 Å². The van der Waals surface area contributed by atoms with Crippen LogP contribution in [0.2, 0.25) is 0 Å². The molecule has 2 atom stereocenters. The van der Waals surface area contributed by atoms with Crippen molar-refractivity contribution in [3.63, 3.8) is 0 Å². The topological polar surface area (TPSA) is 72.2 Å². The second-order valence-corrected chi connectivity index (χ2v) is 8.33. The van der Waals surface area contributed by atoms with E-state index in [0.29, 0.717) is 16.7 Å². The molecule has 1 fully saturated rings. The molecular weight excluding hydrogens is 304 g/mol. The zero-order valence-corrected chi connectivity index (χ0v) is 14.3. The molecule has 1 aliphatic rings. The first-order chi connectivity index (χ1) is 10.00. The minimum absolute atomic E-state index is 0.0552. The van der Waals surface area contributed by atoms with Gasteiger partial charge in [-0.2, -0.15) is 11.8 Å². The number of hydrogen-bond donors (Lipinski definition) is 2. The van der Waals surface area contributed by atoms with Crippen LogP contribution in [0.25, 0.3) is 0 Å². The monoisotopic (exact) mass is 328 g/mol. The minimum atomic E-state index is -3.45. The van der Waals surface area contributed by atoms with Crippen LogP contribution in [0.3, 0.4) is 0 Å². The number of sulfonamides is 1. The predicted octanol–water partition coefficient (Wildman–Crippen LogP) is 2.27. The Kier molecular flexibility index (Phi) is 5.71. The lowest BCUT2D eigenvalue weighted by Gasteiger charge is -2.15. The van der Waals surface area contributed by atoms with Crippen LogP contribution < -0.4 is 10.5 Å². The largest absolute Gasteiger partial charge is 0.326 e. The molecule has 0 saturated heterocycles. The maximum Gasteiger partial charge on any atom is 0.240 e. The van der Waals surface area contributed by atoms with Crippen molar-refractivity contribution in [2.45, 2.75) is 55.3 Å². The predicted molar refractivity (Wildman–Crippen MR) is 89.0 cm³/mol. The van der Waals surface area contributed by atoms with Crippen LogP contribution >= 0.6 is 11.8 Å². The number of aryl methyl sites for hydroxylation is 1. The van der Waals surface area contributed by atoms with Crippen molar-refractivity contribution in [1.29, 1.82) is 0 Å². The summed E-state index contributed by atoms with van der Waals surface area (Å²) in [6.45, 7) is 2.41. The highest BCUT2D eigenvalue weighted by Gasteiger charge is 2.28. The Bertz CT molecular complexity index is 587. The highest BCUT2D eigenvalue weighted by atomic mass is 32.2. The van der Waals surface area contributed by atoms with E-state index in [4.69, 9.17) is 5.73 Å². The fraction of sp³-hybridized carbons (Fsp3) is 0.600. The third kappa shape index (κ3) is 4.00. The molecule has 118 valence electrons. The van der Waals surface area contributed by atoms with Gasteiger partial charge in [0.15, 0.2) is 0 Å². The molecule has 0 spiro atoms. The van der Waals surface area contributed by atoms with E-state index < -0.39 is 10.0 Å². The summed E-state index contributed by atoms with van der Waals surface area (Å²) in [5, 5.41) is 0.569. The standard InChI is InChI=1S/C15H24N2O2S2/c1-3-11-4-7-15(8-12(11)10-16)21(18,19)17-13-5-6-14(9-13)20-2/h4,7-8,13-14,17H,3,5-6,9-10,16H2,1-2H3. The molecule has 1 aliphatic carbocycles. The Morgan fingerprint density at radius 1 is 1.33 bits per heavy atom. The molecule has 0 aromatic heterocycles. The lowest BCUT2D eigenvalue weighted by atomic mass is 10.1. The van der Waals surface area contributed by atoms with E-state index in [1.165, 1.54) is 0 Å². The first-order valence-electron chi connectivity index (χ1n) is 7.37. The van der Waals surface area contributed by atoms with Crippen LogP contribution in [0.15, 0.2) is 23.1 Å². The van der Waals surface area contributed by atoms with E-state index in [1.807, 2.05) is 24.8 Å². The van der Waals surface area contributed by atoms with Gasteiger partial charge in [0.25, 0.3) is 0 Å². The second kappa shape index (κ2) is 7.13. The normalized spacial score (nSPS) is 22.6. The average molecular weight is 329 g/mol. The number of rotatable bonds is 6. The van der Waals surface area contributed by atoms with Crippen LogP contribution in [0.4, 0.5) is 0 Å². The molecule has 21 heavy (non-hydrogen) atoms. The quantitative estimate of drug-likeness (QED) is 0.840. The molecule has 6 heteroatoms. The Labute approximate surface area is 131 Å². The minimum Gasteiger partial charge on any atom is -0.326 e. The smallest absolute Gasteiger partial charge is 0.240 e. The molecule has 1 aromatic rings. The van der Waals surface area contributed by atoms with Crippen molar-refractivity contribution in [3.05, 3.63) is 29.3 Å². The van der Waals surface area contributed by atoms with Crippen LogP contribution in [0, 0.1) is 0 Å². The third-order valence-electron chi connectivity index (χ3n) is 4.13. The number of hydrogen-bond acceptors (Lipinski definition) is 4. The molecular formula is C15H24N2O2S2. The summed E-state index contributed by atoms with van der Waals surface area (Å²) in [6, 6.07) is 5.32.